The average Bonchev–Trinajstić information content (AvgIpc) is 2.77. The second-order valence-electron chi connectivity index (χ2n) is 7.14. The maximum atomic E-state index is 11.7. The van der Waals surface area contributed by atoms with Gasteiger partial charge in [-0.3, -0.25) is 4.99 Å². The third kappa shape index (κ3) is 9.59. The Morgan fingerprint density at radius 3 is 2.13 bits per heavy atom. The number of carbonyl (C=O) groups excluding carboxylic acids is 1. The van der Waals surface area contributed by atoms with Crippen LogP contribution in [0.15, 0.2) is 53.5 Å². The van der Waals surface area contributed by atoms with Crippen molar-refractivity contribution in [3.8, 4) is 11.5 Å². The van der Waals surface area contributed by atoms with E-state index in [0.717, 1.165) is 55.7 Å². The molecule has 5 heteroatoms. The Hall–Kier alpha value is -2.82. The van der Waals surface area contributed by atoms with E-state index in [1.54, 1.807) is 18.3 Å². The van der Waals surface area contributed by atoms with E-state index in [1.807, 2.05) is 36.4 Å². The highest BCUT2D eigenvalue weighted by Gasteiger charge is 2.05. The fourth-order valence-corrected chi connectivity index (χ4v) is 2.75. The third-order valence-electron chi connectivity index (χ3n) is 4.52. The van der Waals surface area contributed by atoms with Gasteiger partial charge in [0.2, 0.25) is 0 Å². The quantitative estimate of drug-likeness (QED) is 0.153. The standard InChI is InChI=1S/C25H33NO4/c1-3-5-7-9-19-29-25(27)30-24-14-10-21(11-15-24)20-26-22-12-16-23(17-13-22)28-18-8-6-4-2/h10-17,20H,3-9,18-19H2,1-2H3/b26-20+. The number of hydrogen-bond donors (Lipinski definition) is 0. The van der Waals surface area contributed by atoms with Gasteiger partial charge in [-0.1, -0.05) is 46.0 Å². The molecule has 0 saturated heterocycles. The fourth-order valence-electron chi connectivity index (χ4n) is 2.75. The van der Waals surface area contributed by atoms with Gasteiger partial charge in [-0.25, -0.2) is 4.79 Å². The van der Waals surface area contributed by atoms with Gasteiger partial charge in [0.25, 0.3) is 0 Å². The van der Waals surface area contributed by atoms with Crippen LogP contribution in [0.4, 0.5) is 10.5 Å². The molecule has 30 heavy (non-hydrogen) atoms. The van der Waals surface area contributed by atoms with Crippen LogP contribution < -0.4 is 9.47 Å². The summed E-state index contributed by atoms with van der Waals surface area (Å²) in [5.74, 6) is 1.32. The minimum absolute atomic E-state index is 0.395. The van der Waals surface area contributed by atoms with Crippen LogP contribution in [0.3, 0.4) is 0 Å². The molecule has 0 bridgehead atoms. The number of rotatable bonds is 13. The lowest BCUT2D eigenvalue weighted by atomic mass is 10.2. The van der Waals surface area contributed by atoms with E-state index in [4.69, 9.17) is 14.2 Å². The van der Waals surface area contributed by atoms with E-state index in [2.05, 4.69) is 18.8 Å². The molecule has 5 nitrogen and oxygen atoms in total. The molecule has 0 saturated carbocycles. The van der Waals surface area contributed by atoms with Gasteiger partial charge >= 0.3 is 6.16 Å². The van der Waals surface area contributed by atoms with Crippen molar-refractivity contribution >= 4 is 18.1 Å². The van der Waals surface area contributed by atoms with Crippen LogP contribution in [0.5, 0.6) is 11.5 Å². The third-order valence-corrected chi connectivity index (χ3v) is 4.52. The topological polar surface area (TPSA) is 57.1 Å². The first-order valence-electron chi connectivity index (χ1n) is 10.9. The molecule has 2 aromatic carbocycles. The summed E-state index contributed by atoms with van der Waals surface area (Å²) in [7, 11) is 0. The van der Waals surface area contributed by atoms with Crippen LogP contribution in [-0.4, -0.2) is 25.6 Å². The summed E-state index contributed by atoms with van der Waals surface area (Å²) in [6.45, 7) is 5.46. The molecule has 0 amide bonds. The molecule has 0 N–H and O–H groups in total. The van der Waals surface area contributed by atoms with Crippen molar-refractivity contribution < 1.29 is 19.0 Å². The van der Waals surface area contributed by atoms with Gasteiger partial charge in [-0.15, -0.1) is 0 Å². The van der Waals surface area contributed by atoms with Crippen LogP contribution in [0.25, 0.3) is 0 Å². The monoisotopic (exact) mass is 411 g/mol. The van der Waals surface area contributed by atoms with Gasteiger partial charge in [0.15, 0.2) is 0 Å². The number of unbranched alkanes of at least 4 members (excludes halogenated alkanes) is 5. The van der Waals surface area contributed by atoms with Crippen LogP contribution in [0.2, 0.25) is 0 Å². The minimum Gasteiger partial charge on any atom is -0.494 e. The maximum Gasteiger partial charge on any atom is 0.513 e. The van der Waals surface area contributed by atoms with Crippen LogP contribution in [0.1, 0.15) is 64.4 Å². The lowest BCUT2D eigenvalue weighted by molar-refractivity contribution is 0.0973. The predicted molar refractivity (Wildman–Crippen MR) is 121 cm³/mol. The molecule has 0 atom stereocenters. The van der Waals surface area contributed by atoms with Crippen molar-refractivity contribution in [2.75, 3.05) is 13.2 Å². The SMILES string of the molecule is CCCCCCOC(=O)Oc1ccc(/C=N/c2ccc(OCCCCC)cc2)cc1. The van der Waals surface area contributed by atoms with Crippen molar-refractivity contribution in [2.24, 2.45) is 4.99 Å². The minimum atomic E-state index is -0.662. The normalized spacial score (nSPS) is 10.9. The Bertz CT molecular complexity index is 754. The van der Waals surface area contributed by atoms with Gasteiger partial charge < -0.3 is 14.2 Å². The summed E-state index contributed by atoms with van der Waals surface area (Å²) >= 11 is 0. The molecule has 0 aliphatic heterocycles. The molecule has 0 fully saturated rings. The first kappa shape index (κ1) is 23.5. The van der Waals surface area contributed by atoms with E-state index in [1.165, 1.54) is 12.8 Å². The van der Waals surface area contributed by atoms with Gasteiger partial charge in [0.1, 0.15) is 11.5 Å². The molecular weight excluding hydrogens is 378 g/mol. The van der Waals surface area contributed by atoms with E-state index in [9.17, 15) is 4.79 Å². The largest absolute Gasteiger partial charge is 0.513 e. The highest BCUT2D eigenvalue weighted by molar-refractivity contribution is 5.82. The van der Waals surface area contributed by atoms with E-state index < -0.39 is 6.16 Å². The van der Waals surface area contributed by atoms with Crippen LogP contribution >= 0.6 is 0 Å². The van der Waals surface area contributed by atoms with E-state index in [-0.39, 0.29) is 0 Å². The molecule has 2 aromatic rings. The van der Waals surface area contributed by atoms with Crippen molar-refractivity contribution in [2.45, 2.75) is 58.8 Å². The molecule has 0 aliphatic carbocycles. The molecule has 0 spiro atoms. The lowest BCUT2D eigenvalue weighted by Crippen LogP contribution is -2.11. The van der Waals surface area contributed by atoms with Crippen molar-refractivity contribution in [3.63, 3.8) is 0 Å². The Morgan fingerprint density at radius 1 is 0.800 bits per heavy atom. The van der Waals surface area contributed by atoms with E-state index >= 15 is 0 Å². The van der Waals surface area contributed by atoms with Crippen LogP contribution in [-0.2, 0) is 4.74 Å². The molecule has 0 radical (unpaired) electrons. The Labute approximate surface area is 180 Å². The summed E-state index contributed by atoms with van der Waals surface area (Å²) in [5, 5.41) is 0. The maximum absolute atomic E-state index is 11.7. The van der Waals surface area contributed by atoms with Crippen LogP contribution in [0, 0.1) is 0 Å². The number of ether oxygens (including phenoxy) is 3. The average molecular weight is 412 g/mol. The lowest BCUT2D eigenvalue weighted by Gasteiger charge is -2.06. The number of aliphatic imine (C=N–C) groups is 1. The zero-order chi connectivity index (χ0) is 21.4. The van der Waals surface area contributed by atoms with Gasteiger partial charge in [0, 0.05) is 6.21 Å². The smallest absolute Gasteiger partial charge is 0.494 e. The zero-order valence-corrected chi connectivity index (χ0v) is 18.1. The van der Waals surface area contributed by atoms with Gasteiger partial charge in [0.05, 0.1) is 18.9 Å². The van der Waals surface area contributed by atoms with Crippen molar-refractivity contribution in [1.29, 1.82) is 0 Å². The number of benzene rings is 2. The highest BCUT2D eigenvalue weighted by Crippen LogP contribution is 2.19. The second kappa shape index (κ2) is 14.2. The number of hydrogen-bond acceptors (Lipinski definition) is 5. The summed E-state index contributed by atoms with van der Waals surface area (Å²) in [6, 6.07) is 14.9. The van der Waals surface area contributed by atoms with Crippen molar-refractivity contribution in [3.05, 3.63) is 54.1 Å². The summed E-state index contributed by atoms with van der Waals surface area (Å²) in [6.07, 6.45) is 8.79. The highest BCUT2D eigenvalue weighted by atomic mass is 16.7. The Morgan fingerprint density at radius 2 is 1.43 bits per heavy atom. The fraction of sp³-hybridized carbons (Fsp3) is 0.440. The molecule has 2 rings (SSSR count). The number of carbonyl (C=O) groups is 1. The van der Waals surface area contributed by atoms with Crippen molar-refractivity contribution in [1.82, 2.24) is 0 Å². The number of nitrogens with zero attached hydrogens (tertiary/aromatic N) is 1. The summed E-state index contributed by atoms with van der Waals surface area (Å²) in [4.78, 5) is 16.2. The molecule has 0 unspecified atom stereocenters. The predicted octanol–water partition coefficient (Wildman–Crippen LogP) is 7.10. The molecule has 0 aromatic heterocycles. The summed E-state index contributed by atoms with van der Waals surface area (Å²) in [5.41, 5.74) is 1.76. The second-order valence-corrected chi connectivity index (χ2v) is 7.14. The Balaban J connectivity index is 1.75. The van der Waals surface area contributed by atoms with E-state index in [0.29, 0.717) is 12.4 Å². The summed E-state index contributed by atoms with van der Waals surface area (Å²) < 4.78 is 16.0. The first-order valence-corrected chi connectivity index (χ1v) is 10.9. The zero-order valence-electron chi connectivity index (χ0n) is 18.1. The Kier molecular flexibility index (Phi) is 11.1. The molecular formula is C25H33NO4. The molecule has 0 aliphatic rings. The molecule has 162 valence electrons. The molecule has 0 heterocycles. The van der Waals surface area contributed by atoms with Gasteiger partial charge in [-0.05, 0) is 66.9 Å². The van der Waals surface area contributed by atoms with Gasteiger partial charge in [-0.2, -0.15) is 0 Å². The first-order chi connectivity index (χ1) is 14.7.